The van der Waals surface area contributed by atoms with Gasteiger partial charge in [0.05, 0.1) is 0 Å². The molecular formula is C11H21N. The zero-order valence-corrected chi connectivity index (χ0v) is 8.56. The monoisotopic (exact) mass is 167 g/mol. The van der Waals surface area contributed by atoms with Crippen LogP contribution in [0.1, 0.15) is 40.0 Å². The van der Waals surface area contributed by atoms with Crippen molar-refractivity contribution in [2.24, 2.45) is 5.73 Å². The van der Waals surface area contributed by atoms with Crippen molar-refractivity contribution >= 4 is 0 Å². The number of rotatable bonds is 1. The van der Waals surface area contributed by atoms with Crippen LogP contribution in [-0.4, -0.2) is 6.54 Å². The average molecular weight is 167 g/mol. The van der Waals surface area contributed by atoms with Gasteiger partial charge in [-0.2, -0.15) is 0 Å². The summed E-state index contributed by atoms with van der Waals surface area (Å²) < 4.78 is 0. The van der Waals surface area contributed by atoms with Gasteiger partial charge in [-0.3, -0.25) is 0 Å². The molecule has 1 aliphatic rings. The Kier molecular flexibility index (Phi) is 6.78. The summed E-state index contributed by atoms with van der Waals surface area (Å²) in [4.78, 5) is 0. The highest BCUT2D eigenvalue weighted by Crippen LogP contribution is 2.29. The van der Waals surface area contributed by atoms with E-state index in [1.165, 1.54) is 30.4 Å². The predicted octanol–water partition coefficient (Wildman–Crippen LogP) is 3.03. The van der Waals surface area contributed by atoms with Crippen molar-refractivity contribution in [1.29, 1.82) is 0 Å². The molecule has 1 nitrogen and oxygen atoms in total. The molecule has 0 heterocycles. The van der Waals surface area contributed by atoms with Crippen LogP contribution in [0.4, 0.5) is 0 Å². The second-order valence-corrected chi connectivity index (χ2v) is 2.63. The van der Waals surface area contributed by atoms with Crippen molar-refractivity contribution in [3.63, 3.8) is 0 Å². The van der Waals surface area contributed by atoms with Crippen LogP contribution in [0, 0.1) is 0 Å². The van der Waals surface area contributed by atoms with Gasteiger partial charge in [-0.15, -0.1) is 0 Å². The molecule has 0 bridgehead atoms. The second-order valence-electron chi connectivity index (χ2n) is 2.63. The Labute approximate surface area is 76.3 Å². The lowest BCUT2D eigenvalue weighted by molar-refractivity contribution is 0.930. The van der Waals surface area contributed by atoms with Crippen molar-refractivity contribution in [2.75, 3.05) is 6.54 Å². The highest BCUT2D eigenvalue weighted by Gasteiger charge is 2.10. The van der Waals surface area contributed by atoms with Crippen LogP contribution < -0.4 is 5.73 Å². The molecule has 1 saturated carbocycles. The molecule has 1 fully saturated rings. The Balaban J connectivity index is 0.000000561. The quantitative estimate of drug-likeness (QED) is 0.638. The Bertz CT molecular complexity index is 166. The summed E-state index contributed by atoms with van der Waals surface area (Å²) in [5.74, 6) is 0. The van der Waals surface area contributed by atoms with Crippen molar-refractivity contribution in [2.45, 2.75) is 40.0 Å². The van der Waals surface area contributed by atoms with Gasteiger partial charge >= 0.3 is 0 Å². The third kappa shape index (κ3) is 3.22. The van der Waals surface area contributed by atoms with Crippen molar-refractivity contribution in [3.05, 3.63) is 23.3 Å². The predicted molar refractivity (Wildman–Crippen MR) is 56.1 cm³/mol. The molecule has 70 valence electrons. The molecule has 0 atom stereocenters. The van der Waals surface area contributed by atoms with Crippen LogP contribution in [-0.2, 0) is 0 Å². The minimum atomic E-state index is 0.687. The third-order valence-corrected chi connectivity index (χ3v) is 2.02. The summed E-state index contributed by atoms with van der Waals surface area (Å²) in [6.07, 6.45) is 8.14. The lowest BCUT2D eigenvalue weighted by Crippen LogP contribution is -1.94. The first-order valence-electron chi connectivity index (χ1n) is 4.93. The summed E-state index contributed by atoms with van der Waals surface area (Å²) in [5, 5.41) is 0. The lowest BCUT2D eigenvalue weighted by atomic mass is 10.1. The number of hydrogen-bond acceptors (Lipinski definition) is 1. The van der Waals surface area contributed by atoms with Gasteiger partial charge in [0.15, 0.2) is 0 Å². The van der Waals surface area contributed by atoms with Gasteiger partial charge in [0.1, 0.15) is 0 Å². The maximum Gasteiger partial charge on any atom is 0.0112 e. The molecule has 1 aliphatic carbocycles. The largest absolute Gasteiger partial charge is 0.327 e. The Morgan fingerprint density at radius 1 is 1.25 bits per heavy atom. The van der Waals surface area contributed by atoms with E-state index >= 15 is 0 Å². The van der Waals surface area contributed by atoms with Crippen LogP contribution in [0.2, 0.25) is 0 Å². The molecule has 0 saturated heterocycles. The molecule has 0 radical (unpaired) electrons. The maximum atomic E-state index is 5.42. The van der Waals surface area contributed by atoms with E-state index in [2.05, 4.69) is 19.1 Å². The standard InChI is InChI=1S/C9H15N.C2H6/c1-2-8-4-3-5-9(8)6-7-10;1-2/h2,6H,3-5,7,10H2,1H3;1-2H3/b8-2-,9-6-;. The van der Waals surface area contributed by atoms with E-state index in [-0.39, 0.29) is 0 Å². The van der Waals surface area contributed by atoms with E-state index < -0.39 is 0 Å². The van der Waals surface area contributed by atoms with E-state index in [0.29, 0.717) is 6.54 Å². The molecule has 2 N–H and O–H groups in total. The van der Waals surface area contributed by atoms with E-state index in [1.54, 1.807) is 0 Å². The Morgan fingerprint density at radius 2 is 1.83 bits per heavy atom. The molecule has 0 unspecified atom stereocenters. The number of nitrogens with two attached hydrogens (primary N) is 1. The van der Waals surface area contributed by atoms with Crippen LogP contribution in [0.3, 0.4) is 0 Å². The topological polar surface area (TPSA) is 26.0 Å². The fraction of sp³-hybridized carbons (Fsp3) is 0.636. The number of allylic oxidation sites excluding steroid dienone is 3. The highest BCUT2D eigenvalue weighted by molar-refractivity contribution is 5.34. The summed E-state index contributed by atoms with van der Waals surface area (Å²) >= 11 is 0. The van der Waals surface area contributed by atoms with E-state index in [9.17, 15) is 0 Å². The molecule has 12 heavy (non-hydrogen) atoms. The molecule has 0 aromatic heterocycles. The number of hydrogen-bond donors (Lipinski definition) is 1. The lowest BCUT2D eigenvalue weighted by Gasteiger charge is -1.96. The summed E-state index contributed by atoms with van der Waals surface area (Å²) in [6, 6.07) is 0. The molecule has 0 aromatic rings. The molecule has 0 aliphatic heterocycles. The first-order chi connectivity index (χ1) is 5.88. The van der Waals surface area contributed by atoms with Crippen molar-refractivity contribution in [3.8, 4) is 0 Å². The fourth-order valence-corrected chi connectivity index (χ4v) is 1.50. The van der Waals surface area contributed by atoms with Gasteiger partial charge in [0.2, 0.25) is 0 Å². The van der Waals surface area contributed by atoms with Crippen LogP contribution in [0.5, 0.6) is 0 Å². The van der Waals surface area contributed by atoms with Crippen molar-refractivity contribution in [1.82, 2.24) is 0 Å². The Hall–Kier alpha value is -0.560. The second kappa shape index (κ2) is 7.11. The van der Waals surface area contributed by atoms with Crippen LogP contribution in [0.25, 0.3) is 0 Å². The smallest absolute Gasteiger partial charge is 0.0112 e. The molecule has 0 amide bonds. The Morgan fingerprint density at radius 3 is 2.33 bits per heavy atom. The maximum absolute atomic E-state index is 5.42. The summed E-state index contributed by atoms with van der Waals surface area (Å²) in [5.41, 5.74) is 8.40. The molecule has 0 aromatic carbocycles. The van der Waals surface area contributed by atoms with Gasteiger partial charge in [-0.25, -0.2) is 0 Å². The van der Waals surface area contributed by atoms with Gasteiger partial charge in [-0.05, 0) is 37.3 Å². The van der Waals surface area contributed by atoms with Gasteiger partial charge in [0, 0.05) is 6.54 Å². The zero-order valence-electron chi connectivity index (χ0n) is 8.56. The van der Waals surface area contributed by atoms with Crippen LogP contribution in [0.15, 0.2) is 23.3 Å². The van der Waals surface area contributed by atoms with Gasteiger partial charge in [-0.1, -0.05) is 26.0 Å². The first-order valence-corrected chi connectivity index (χ1v) is 4.93. The molecule has 0 spiro atoms. The van der Waals surface area contributed by atoms with E-state index in [0.717, 1.165) is 0 Å². The van der Waals surface area contributed by atoms with E-state index in [1.807, 2.05) is 13.8 Å². The SMILES string of the molecule is C/C=C1/CCC/C1=C/CN.CC. The zero-order chi connectivity index (χ0) is 9.40. The summed E-state index contributed by atoms with van der Waals surface area (Å²) in [7, 11) is 0. The van der Waals surface area contributed by atoms with Gasteiger partial charge in [0.25, 0.3) is 0 Å². The average Bonchev–Trinajstić information content (AvgIpc) is 2.56. The highest BCUT2D eigenvalue weighted by atomic mass is 14.5. The van der Waals surface area contributed by atoms with Crippen LogP contribution >= 0.6 is 0 Å². The van der Waals surface area contributed by atoms with Gasteiger partial charge < -0.3 is 5.73 Å². The molecule has 1 rings (SSSR count). The fourth-order valence-electron chi connectivity index (χ4n) is 1.50. The first kappa shape index (κ1) is 11.4. The normalized spacial score (nSPS) is 22.7. The van der Waals surface area contributed by atoms with Crippen molar-refractivity contribution < 1.29 is 0 Å². The summed E-state index contributed by atoms with van der Waals surface area (Å²) in [6.45, 7) is 6.79. The molecular weight excluding hydrogens is 146 g/mol. The van der Waals surface area contributed by atoms with E-state index in [4.69, 9.17) is 5.73 Å². The minimum absolute atomic E-state index is 0.687. The molecule has 1 heteroatoms. The minimum Gasteiger partial charge on any atom is -0.327 e. The third-order valence-electron chi connectivity index (χ3n) is 2.02.